The predicted octanol–water partition coefficient (Wildman–Crippen LogP) is 4.14. The molecule has 0 aliphatic rings. The van der Waals surface area contributed by atoms with E-state index in [9.17, 15) is 10.1 Å². The maximum Gasteiger partial charge on any atom is 0.312 e. The third-order valence-corrected chi connectivity index (χ3v) is 2.83. The molecule has 0 aliphatic heterocycles. The smallest absolute Gasteiger partial charge is 0.312 e. The zero-order valence-corrected chi connectivity index (χ0v) is 11.1. The third-order valence-electron chi connectivity index (χ3n) is 2.59. The van der Waals surface area contributed by atoms with E-state index < -0.39 is 4.92 Å². The summed E-state index contributed by atoms with van der Waals surface area (Å²) in [4.78, 5) is 10.4. The standard InChI is InChI=1S/C14H12ClNO3/c1-10-3-2-4-11(7-10)9-19-14-6-5-12(15)8-13(14)16(17)18/h2-8H,9H2,1H3. The van der Waals surface area contributed by atoms with E-state index in [1.807, 2.05) is 31.2 Å². The SMILES string of the molecule is Cc1cccc(COc2ccc(Cl)cc2[N+](=O)[O-])c1. The summed E-state index contributed by atoms with van der Waals surface area (Å²) in [5, 5.41) is 11.2. The number of ether oxygens (including phenoxy) is 1. The van der Waals surface area contributed by atoms with Crippen molar-refractivity contribution in [1.29, 1.82) is 0 Å². The normalized spacial score (nSPS) is 10.2. The highest BCUT2D eigenvalue weighted by atomic mass is 35.5. The lowest BCUT2D eigenvalue weighted by molar-refractivity contribution is -0.385. The molecule has 2 rings (SSSR count). The molecule has 0 heterocycles. The Kier molecular flexibility index (Phi) is 4.02. The van der Waals surface area contributed by atoms with Crippen LogP contribution in [0, 0.1) is 17.0 Å². The van der Waals surface area contributed by atoms with Gasteiger partial charge in [0.25, 0.3) is 0 Å². The first-order valence-corrected chi connectivity index (χ1v) is 6.06. The molecule has 4 nitrogen and oxygen atoms in total. The molecular weight excluding hydrogens is 266 g/mol. The van der Waals surface area contributed by atoms with Crippen molar-refractivity contribution in [2.24, 2.45) is 0 Å². The maximum atomic E-state index is 10.9. The zero-order valence-electron chi connectivity index (χ0n) is 10.3. The number of hydrogen-bond acceptors (Lipinski definition) is 3. The summed E-state index contributed by atoms with van der Waals surface area (Å²) < 4.78 is 5.49. The summed E-state index contributed by atoms with van der Waals surface area (Å²) in [6.07, 6.45) is 0. The number of halogens is 1. The van der Waals surface area contributed by atoms with E-state index in [-0.39, 0.29) is 18.0 Å². The number of nitrogens with zero attached hydrogens (tertiary/aromatic N) is 1. The summed E-state index contributed by atoms with van der Waals surface area (Å²) in [7, 11) is 0. The average molecular weight is 278 g/mol. The average Bonchev–Trinajstić information content (AvgIpc) is 2.37. The van der Waals surface area contributed by atoms with E-state index in [1.165, 1.54) is 12.1 Å². The lowest BCUT2D eigenvalue weighted by Gasteiger charge is -2.07. The molecule has 0 bridgehead atoms. The number of nitro benzene ring substituents is 1. The van der Waals surface area contributed by atoms with Crippen molar-refractivity contribution in [2.75, 3.05) is 0 Å². The molecule has 2 aromatic carbocycles. The van der Waals surface area contributed by atoms with Gasteiger partial charge in [-0.25, -0.2) is 0 Å². The second kappa shape index (κ2) is 5.71. The molecule has 19 heavy (non-hydrogen) atoms. The predicted molar refractivity (Wildman–Crippen MR) is 73.6 cm³/mol. The molecule has 0 aliphatic carbocycles. The fraction of sp³-hybridized carbons (Fsp3) is 0.143. The van der Waals surface area contributed by atoms with Gasteiger partial charge in [-0.05, 0) is 24.6 Å². The van der Waals surface area contributed by atoms with Crippen molar-refractivity contribution in [2.45, 2.75) is 13.5 Å². The molecular formula is C14H12ClNO3. The molecule has 0 saturated carbocycles. The van der Waals surface area contributed by atoms with Crippen LogP contribution in [0.1, 0.15) is 11.1 Å². The van der Waals surface area contributed by atoms with Crippen molar-refractivity contribution in [3.63, 3.8) is 0 Å². The van der Waals surface area contributed by atoms with Crippen LogP contribution in [0.3, 0.4) is 0 Å². The fourth-order valence-electron chi connectivity index (χ4n) is 1.72. The fourth-order valence-corrected chi connectivity index (χ4v) is 1.88. The molecule has 0 amide bonds. The van der Waals surface area contributed by atoms with Crippen molar-refractivity contribution in [1.82, 2.24) is 0 Å². The van der Waals surface area contributed by atoms with Crippen molar-refractivity contribution < 1.29 is 9.66 Å². The lowest BCUT2D eigenvalue weighted by atomic mass is 10.1. The molecule has 0 radical (unpaired) electrons. The topological polar surface area (TPSA) is 52.4 Å². The first-order chi connectivity index (χ1) is 9.06. The number of nitro groups is 1. The quantitative estimate of drug-likeness (QED) is 0.623. The van der Waals surface area contributed by atoms with Crippen LogP contribution < -0.4 is 4.74 Å². The molecule has 0 N–H and O–H groups in total. The minimum atomic E-state index is -0.503. The Morgan fingerprint density at radius 3 is 2.74 bits per heavy atom. The summed E-state index contributed by atoms with van der Waals surface area (Å²) in [6.45, 7) is 2.26. The van der Waals surface area contributed by atoms with Crippen LogP contribution in [-0.4, -0.2) is 4.92 Å². The summed E-state index contributed by atoms with van der Waals surface area (Å²) in [6, 6.07) is 12.2. The van der Waals surface area contributed by atoms with Crippen LogP contribution in [0.4, 0.5) is 5.69 Å². The highest BCUT2D eigenvalue weighted by Gasteiger charge is 2.15. The second-order valence-corrected chi connectivity index (χ2v) is 4.58. The number of benzene rings is 2. The molecule has 0 spiro atoms. The van der Waals surface area contributed by atoms with Crippen LogP contribution in [-0.2, 0) is 6.61 Å². The van der Waals surface area contributed by atoms with Crippen LogP contribution in [0.15, 0.2) is 42.5 Å². The molecule has 0 fully saturated rings. The van der Waals surface area contributed by atoms with E-state index in [0.717, 1.165) is 11.1 Å². The number of hydrogen-bond donors (Lipinski definition) is 0. The van der Waals surface area contributed by atoms with Crippen molar-refractivity contribution in [3.05, 3.63) is 68.7 Å². The summed E-state index contributed by atoms with van der Waals surface area (Å²) >= 11 is 5.74. The minimum absolute atomic E-state index is 0.125. The van der Waals surface area contributed by atoms with Crippen LogP contribution in [0.2, 0.25) is 5.02 Å². The lowest BCUT2D eigenvalue weighted by Crippen LogP contribution is -1.99. The Morgan fingerprint density at radius 2 is 2.05 bits per heavy atom. The van der Waals surface area contributed by atoms with Crippen LogP contribution in [0.5, 0.6) is 5.75 Å². The van der Waals surface area contributed by atoms with E-state index in [0.29, 0.717) is 5.02 Å². The van der Waals surface area contributed by atoms with E-state index in [2.05, 4.69) is 0 Å². The Hall–Kier alpha value is -2.07. The van der Waals surface area contributed by atoms with Gasteiger partial charge in [0.05, 0.1) is 4.92 Å². The number of aryl methyl sites for hydroxylation is 1. The van der Waals surface area contributed by atoms with Gasteiger partial charge >= 0.3 is 5.69 Å². The highest BCUT2D eigenvalue weighted by Crippen LogP contribution is 2.30. The van der Waals surface area contributed by atoms with Crippen LogP contribution in [0.25, 0.3) is 0 Å². The van der Waals surface area contributed by atoms with E-state index in [4.69, 9.17) is 16.3 Å². The molecule has 0 atom stereocenters. The highest BCUT2D eigenvalue weighted by molar-refractivity contribution is 6.30. The third kappa shape index (κ3) is 3.45. The number of rotatable bonds is 4. The van der Waals surface area contributed by atoms with Gasteiger partial charge < -0.3 is 4.74 Å². The Morgan fingerprint density at radius 1 is 1.26 bits per heavy atom. The van der Waals surface area contributed by atoms with Gasteiger partial charge in [-0.15, -0.1) is 0 Å². The van der Waals surface area contributed by atoms with Gasteiger partial charge in [0.15, 0.2) is 5.75 Å². The van der Waals surface area contributed by atoms with Crippen molar-refractivity contribution >= 4 is 17.3 Å². The summed E-state index contributed by atoms with van der Waals surface area (Å²) in [5.41, 5.74) is 1.95. The minimum Gasteiger partial charge on any atom is -0.482 e. The zero-order chi connectivity index (χ0) is 13.8. The molecule has 5 heteroatoms. The first-order valence-electron chi connectivity index (χ1n) is 5.68. The van der Waals surface area contributed by atoms with Gasteiger partial charge in [0.2, 0.25) is 0 Å². The Labute approximate surface area is 115 Å². The molecule has 2 aromatic rings. The first kappa shape index (κ1) is 13.4. The van der Waals surface area contributed by atoms with E-state index in [1.54, 1.807) is 6.07 Å². The Balaban J connectivity index is 2.17. The van der Waals surface area contributed by atoms with Crippen LogP contribution >= 0.6 is 11.6 Å². The largest absolute Gasteiger partial charge is 0.482 e. The van der Waals surface area contributed by atoms with E-state index >= 15 is 0 Å². The van der Waals surface area contributed by atoms with Gasteiger partial charge in [0.1, 0.15) is 6.61 Å². The maximum absolute atomic E-state index is 10.9. The van der Waals surface area contributed by atoms with Gasteiger partial charge in [-0.1, -0.05) is 41.4 Å². The van der Waals surface area contributed by atoms with Crippen molar-refractivity contribution in [3.8, 4) is 5.75 Å². The molecule has 0 unspecified atom stereocenters. The molecule has 0 saturated heterocycles. The second-order valence-electron chi connectivity index (χ2n) is 4.15. The van der Waals surface area contributed by atoms with Gasteiger partial charge in [0, 0.05) is 11.1 Å². The monoisotopic (exact) mass is 277 g/mol. The van der Waals surface area contributed by atoms with Gasteiger partial charge in [-0.2, -0.15) is 0 Å². The molecule has 0 aromatic heterocycles. The Bertz CT molecular complexity index is 613. The molecule has 98 valence electrons. The summed E-state index contributed by atoms with van der Waals surface area (Å²) in [5.74, 6) is 0.218. The van der Waals surface area contributed by atoms with Gasteiger partial charge in [-0.3, -0.25) is 10.1 Å².